The van der Waals surface area contributed by atoms with Crippen molar-refractivity contribution in [2.45, 2.75) is 19.4 Å². The molecular weight excluding hydrogens is 234 g/mol. The van der Waals surface area contributed by atoms with Crippen LogP contribution in [0.4, 0.5) is 0 Å². The van der Waals surface area contributed by atoms with Gasteiger partial charge in [0.2, 0.25) is 0 Å². The second-order valence-corrected chi connectivity index (χ2v) is 4.52. The summed E-state index contributed by atoms with van der Waals surface area (Å²) < 4.78 is 6.73. The molecule has 0 bridgehead atoms. The van der Waals surface area contributed by atoms with E-state index in [1.54, 1.807) is 16.8 Å². The monoisotopic (exact) mass is 247 g/mol. The Hall–Kier alpha value is -2.11. The summed E-state index contributed by atoms with van der Waals surface area (Å²) in [5.74, 6) is -0.368. The van der Waals surface area contributed by atoms with Crippen LogP contribution in [0.1, 0.15) is 23.3 Å². The lowest BCUT2D eigenvalue weighted by atomic mass is 10.3. The maximum Gasteiger partial charge on any atom is 0.352 e. The molecule has 0 unspecified atom stereocenters. The summed E-state index contributed by atoms with van der Waals surface area (Å²) in [6, 6.07) is 1.87. The molecule has 6 heteroatoms. The number of hydrogen-bond acceptors (Lipinski definition) is 4. The lowest BCUT2D eigenvalue weighted by Crippen LogP contribution is -2.10. The van der Waals surface area contributed by atoms with E-state index in [0.29, 0.717) is 18.1 Å². The minimum absolute atomic E-state index is 0.259. The van der Waals surface area contributed by atoms with Crippen LogP contribution in [0.25, 0.3) is 11.0 Å². The number of carboxylic acid groups (broad SMARTS) is 1. The zero-order valence-electron chi connectivity index (χ0n) is 9.96. The normalized spacial score (nSPS) is 14.9. The topological polar surface area (TPSA) is 77.2 Å². The minimum atomic E-state index is -0.937. The third kappa shape index (κ3) is 1.79. The second-order valence-electron chi connectivity index (χ2n) is 4.52. The van der Waals surface area contributed by atoms with Gasteiger partial charge in [0, 0.05) is 18.1 Å². The van der Waals surface area contributed by atoms with Crippen LogP contribution in [-0.4, -0.2) is 32.7 Å². The second kappa shape index (κ2) is 3.97. The lowest BCUT2D eigenvalue weighted by Gasteiger charge is -2.06. The Morgan fingerprint density at radius 1 is 1.61 bits per heavy atom. The highest BCUT2D eigenvalue weighted by Crippen LogP contribution is 2.33. The van der Waals surface area contributed by atoms with Gasteiger partial charge in [-0.25, -0.2) is 9.78 Å². The van der Waals surface area contributed by atoms with Crippen LogP contribution in [0.5, 0.6) is 6.01 Å². The zero-order valence-corrected chi connectivity index (χ0v) is 9.96. The molecule has 0 saturated heterocycles. The van der Waals surface area contributed by atoms with Crippen LogP contribution < -0.4 is 4.74 Å². The fraction of sp³-hybridized carbons (Fsp3) is 0.417. The first-order chi connectivity index (χ1) is 8.69. The van der Waals surface area contributed by atoms with Crippen molar-refractivity contribution in [2.24, 2.45) is 5.92 Å². The molecule has 0 aliphatic heterocycles. The Balaban J connectivity index is 2.17. The molecule has 94 valence electrons. The average Bonchev–Trinajstić information content (AvgIpc) is 3.10. The van der Waals surface area contributed by atoms with Crippen molar-refractivity contribution in [3.8, 4) is 6.01 Å². The molecule has 1 saturated carbocycles. The standard InChI is InChI=1S/C12H13N3O3/c1-18-12-13-5-8-4-9(11(16)17)15(10(8)14-12)6-7-2-3-7/h4-5,7H,2-3,6H2,1H3,(H,16,17). The Labute approximate surface area is 103 Å². The SMILES string of the molecule is COc1ncc2cc(C(=O)O)n(CC3CC3)c2n1. The maximum absolute atomic E-state index is 11.2. The summed E-state index contributed by atoms with van der Waals surface area (Å²) in [5.41, 5.74) is 0.894. The summed E-state index contributed by atoms with van der Waals surface area (Å²) in [7, 11) is 1.49. The molecule has 0 radical (unpaired) electrons. The molecule has 2 heterocycles. The van der Waals surface area contributed by atoms with Gasteiger partial charge in [-0.15, -0.1) is 0 Å². The number of aromatic carboxylic acids is 1. The summed E-state index contributed by atoms with van der Waals surface area (Å²) >= 11 is 0. The van der Waals surface area contributed by atoms with E-state index in [-0.39, 0.29) is 11.7 Å². The van der Waals surface area contributed by atoms with Crippen LogP contribution in [0.3, 0.4) is 0 Å². The smallest absolute Gasteiger partial charge is 0.352 e. The van der Waals surface area contributed by atoms with Gasteiger partial charge in [0.15, 0.2) is 0 Å². The van der Waals surface area contributed by atoms with Crippen molar-refractivity contribution >= 4 is 17.0 Å². The molecule has 1 aliphatic rings. The number of aromatic nitrogens is 3. The summed E-state index contributed by atoms with van der Waals surface area (Å²) in [4.78, 5) is 19.5. The van der Waals surface area contributed by atoms with Crippen molar-refractivity contribution in [3.05, 3.63) is 18.0 Å². The number of carbonyl (C=O) groups is 1. The van der Waals surface area contributed by atoms with Crippen molar-refractivity contribution in [1.82, 2.24) is 14.5 Å². The van der Waals surface area contributed by atoms with Crippen molar-refractivity contribution in [1.29, 1.82) is 0 Å². The Morgan fingerprint density at radius 3 is 3.00 bits per heavy atom. The molecular formula is C12H13N3O3. The molecule has 0 spiro atoms. The fourth-order valence-corrected chi connectivity index (χ4v) is 2.04. The third-order valence-electron chi connectivity index (χ3n) is 3.15. The van der Waals surface area contributed by atoms with Crippen LogP contribution >= 0.6 is 0 Å². The predicted molar refractivity (Wildman–Crippen MR) is 63.8 cm³/mol. The van der Waals surface area contributed by atoms with E-state index in [2.05, 4.69) is 9.97 Å². The molecule has 3 rings (SSSR count). The summed E-state index contributed by atoms with van der Waals surface area (Å²) in [6.45, 7) is 0.700. The van der Waals surface area contributed by atoms with E-state index >= 15 is 0 Å². The van der Waals surface area contributed by atoms with Gasteiger partial charge in [-0.3, -0.25) is 0 Å². The third-order valence-corrected chi connectivity index (χ3v) is 3.15. The predicted octanol–water partition coefficient (Wildman–Crippen LogP) is 1.55. The number of nitrogens with zero attached hydrogens (tertiary/aromatic N) is 3. The lowest BCUT2D eigenvalue weighted by molar-refractivity contribution is 0.0685. The molecule has 1 fully saturated rings. The van der Waals surface area contributed by atoms with E-state index in [0.717, 1.165) is 18.2 Å². The molecule has 2 aromatic rings. The molecule has 1 aliphatic carbocycles. The van der Waals surface area contributed by atoms with Gasteiger partial charge in [0.25, 0.3) is 0 Å². The number of hydrogen-bond donors (Lipinski definition) is 1. The van der Waals surface area contributed by atoms with Gasteiger partial charge in [-0.05, 0) is 24.8 Å². The first-order valence-corrected chi connectivity index (χ1v) is 5.82. The van der Waals surface area contributed by atoms with E-state index < -0.39 is 5.97 Å². The van der Waals surface area contributed by atoms with Gasteiger partial charge >= 0.3 is 12.0 Å². The number of fused-ring (bicyclic) bond motifs is 1. The van der Waals surface area contributed by atoms with E-state index in [1.165, 1.54) is 7.11 Å². The first kappa shape index (κ1) is 11.0. The number of ether oxygens (including phenoxy) is 1. The maximum atomic E-state index is 11.2. The molecule has 6 nitrogen and oxygen atoms in total. The molecule has 0 atom stereocenters. The quantitative estimate of drug-likeness (QED) is 0.886. The Kier molecular flexibility index (Phi) is 2.43. The Morgan fingerprint density at radius 2 is 2.39 bits per heavy atom. The largest absolute Gasteiger partial charge is 0.477 e. The summed E-state index contributed by atoms with van der Waals surface area (Å²) in [6.07, 6.45) is 3.90. The average molecular weight is 247 g/mol. The fourth-order valence-electron chi connectivity index (χ4n) is 2.04. The van der Waals surface area contributed by atoms with Gasteiger partial charge < -0.3 is 14.4 Å². The number of rotatable bonds is 4. The van der Waals surface area contributed by atoms with E-state index in [9.17, 15) is 9.90 Å². The van der Waals surface area contributed by atoms with Gasteiger partial charge in [-0.2, -0.15) is 4.98 Å². The van der Waals surface area contributed by atoms with Crippen molar-refractivity contribution in [2.75, 3.05) is 7.11 Å². The van der Waals surface area contributed by atoms with Crippen molar-refractivity contribution < 1.29 is 14.6 Å². The molecule has 0 aromatic carbocycles. The highest BCUT2D eigenvalue weighted by Gasteiger charge is 2.26. The first-order valence-electron chi connectivity index (χ1n) is 5.82. The summed E-state index contributed by atoms with van der Waals surface area (Å²) in [5, 5.41) is 9.96. The van der Waals surface area contributed by atoms with Crippen LogP contribution in [-0.2, 0) is 6.54 Å². The molecule has 0 amide bonds. The van der Waals surface area contributed by atoms with Gasteiger partial charge in [-0.1, -0.05) is 0 Å². The van der Waals surface area contributed by atoms with Crippen molar-refractivity contribution in [3.63, 3.8) is 0 Å². The highest BCUT2D eigenvalue weighted by atomic mass is 16.5. The Bertz CT molecular complexity index is 616. The number of methoxy groups -OCH3 is 1. The zero-order chi connectivity index (χ0) is 12.7. The van der Waals surface area contributed by atoms with E-state index in [4.69, 9.17) is 4.74 Å². The molecule has 2 aromatic heterocycles. The van der Waals surface area contributed by atoms with Crippen LogP contribution in [0, 0.1) is 5.92 Å². The van der Waals surface area contributed by atoms with Crippen LogP contribution in [0.15, 0.2) is 12.3 Å². The van der Waals surface area contributed by atoms with Gasteiger partial charge in [0.05, 0.1) is 7.11 Å². The highest BCUT2D eigenvalue weighted by molar-refractivity contribution is 5.93. The molecule has 18 heavy (non-hydrogen) atoms. The van der Waals surface area contributed by atoms with E-state index in [1.807, 2.05) is 0 Å². The minimum Gasteiger partial charge on any atom is -0.477 e. The van der Waals surface area contributed by atoms with Gasteiger partial charge in [0.1, 0.15) is 11.3 Å². The number of carboxylic acids is 1. The van der Waals surface area contributed by atoms with Crippen LogP contribution in [0.2, 0.25) is 0 Å². The molecule has 1 N–H and O–H groups in total.